The zero-order chi connectivity index (χ0) is 12.3. The molecule has 1 aromatic carbocycles. The molecule has 0 saturated carbocycles. The highest BCUT2D eigenvalue weighted by Crippen LogP contribution is 2.16. The van der Waals surface area contributed by atoms with E-state index in [0.29, 0.717) is 17.9 Å². The summed E-state index contributed by atoms with van der Waals surface area (Å²) in [6.45, 7) is 2.14. The lowest BCUT2D eigenvalue weighted by atomic mass is 10.2. The van der Waals surface area contributed by atoms with Crippen molar-refractivity contribution in [3.05, 3.63) is 29.6 Å². The van der Waals surface area contributed by atoms with Crippen molar-refractivity contribution in [2.24, 2.45) is 4.99 Å². The summed E-state index contributed by atoms with van der Waals surface area (Å²) in [5.74, 6) is 1.08. The van der Waals surface area contributed by atoms with Crippen LogP contribution in [0.4, 0.5) is 4.39 Å². The Labute approximate surface area is 100 Å². The first kappa shape index (κ1) is 11.7. The van der Waals surface area contributed by atoms with Crippen LogP contribution in [0.25, 0.3) is 0 Å². The first-order valence-electron chi connectivity index (χ1n) is 5.52. The lowest BCUT2D eigenvalue weighted by Gasteiger charge is -2.15. The van der Waals surface area contributed by atoms with Gasteiger partial charge in [-0.05, 0) is 6.07 Å². The summed E-state index contributed by atoms with van der Waals surface area (Å²) in [7, 11) is 3.48. The van der Waals surface area contributed by atoms with Crippen LogP contribution in [0.1, 0.15) is 5.56 Å². The Morgan fingerprint density at radius 3 is 2.94 bits per heavy atom. The standard InChI is InChI=1S/C12H16FN3O/c1-16-6-5-14-12(16)15-8-9-3-4-10(17-2)7-11(9)13/h3-4,7H,5-6,8H2,1-2H3,(H,14,15). The van der Waals surface area contributed by atoms with Crippen LogP contribution in [0.3, 0.4) is 0 Å². The average molecular weight is 237 g/mol. The maximum Gasteiger partial charge on any atom is 0.194 e. The molecule has 0 atom stereocenters. The maximum absolute atomic E-state index is 13.6. The molecule has 0 bridgehead atoms. The molecule has 17 heavy (non-hydrogen) atoms. The highest BCUT2D eigenvalue weighted by atomic mass is 19.1. The molecule has 1 aromatic rings. The number of nitrogens with zero attached hydrogens (tertiary/aromatic N) is 2. The van der Waals surface area contributed by atoms with Crippen molar-refractivity contribution in [1.29, 1.82) is 0 Å². The van der Waals surface area contributed by atoms with Crippen molar-refractivity contribution >= 4 is 5.96 Å². The topological polar surface area (TPSA) is 36.9 Å². The van der Waals surface area contributed by atoms with Crippen molar-refractivity contribution in [3.63, 3.8) is 0 Å². The molecular formula is C12H16FN3O. The third-order valence-electron chi connectivity index (χ3n) is 2.76. The third-order valence-corrected chi connectivity index (χ3v) is 2.76. The van der Waals surface area contributed by atoms with E-state index in [4.69, 9.17) is 4.74 Å². The van der Waals surface area contributed by atoms with Gasteiger partial charge in [0.1, 0.15) is 11.6 Å². The molecule has 0 amide bonds. The molecule has 1 heterocycles. The first-order chi connectivity index (χ1) is 8.20. The van der Waals surface area contributed by atoms with Crippen molar-refractivity contribution in [1.82, 2.24) is 10.2 Å². The van der Waals surface area contributed by atoms with E-state index in [0.717, 1.165) is 19.0 Å². The van der Waals surface area contributed by atoms with Crippen molar-refractivity contribution < 1.29 is 9.13 Å². The summed E-state index contributed by atoms with van der Waals surface area (Å²) >= 11 is 0. The summed E-state index contributed by atoms with van der Waals surface area (Å²) < 4.78 is 18.6. The Hall–Kier alpha value is -1.78. The molecule has 4 nitrogen and oxygen atoms in total. The van der Waals surface area contributed by atoms with Gasteiger partial charge in [-0.1, -0.05) is 6.07 Å². The van der Waals surface area contributed by atoms with Gasteiger partial charge in [0.05, 0.1) is 13.7 Å². The summed E-state index contributed by atoms with van der Waals surface area (Å²) in [5, 5.41) is 3.12. The highest BCUT2D eigenvalue weighted by molar-refractivity contribution is 5.81. The number of guanidine groups is 1. The number of benzene rings is 1. The molecule has 0 saturated heterocycles. The van der Waals surface area contributed by atoms with E-state index in [1.165, 1.54) is 13.2 Å². The van der Waals surface area contributed by atoms with Crippen LogP contribution in [0, 0.1) is 5.82 Å². The van der Waals surface area contributed by atoms with Crippen molar-refractivity contribution in [2.45, 2.75) is 6.54 Å². The SMILES string of the molecule is COc1ccc(CNC2=NCCN2C)c(F)c1. The zero-order valence-electron chi connectivity index (χ0n) is 10.0. The Bertz CT molecular complexity index is 434. The second kappa shape index (κ2) is 5.03. The fraction of sp³-hybridized carbons (Fsp3) is 0.417. The van der Waals surface area contributed by atoms with Gasteiger partial charge in [0.15, 0.2) is 5.96 Å². The average Bonchev–Trinajstić information content (AvgIpc) is 2.73. The number of nitrogens with one attached hydrogen (secondary N) is 1. The zero-order valence-corrected chi connectivity index (χ0v) is 10.0. The Morgan fingerprint density at radius 1 is 1.53 bits per heavy atom. The fourth-order valence-electron chi connectivity index (χ4n) is 1.70. The number of halogens is 1. The fourth-order valence-corrected chi connectivity index (χ4v) is 1.70. The molecular weight excluding hydrogens is 221 g/mol. The number of rotatable bonds is 3. The van der Waals surface area contributed by atoms with Gasteiger partial charge in [0, 0.05) is 31.8 Å². The largest absolute Gasteiger partial charge is 0.497 e. The second-order valence-electron chi connectivity index (χ2n) is 3.94. The monoisotopic (exact) mass is 237 g/mol. The molecule has 1 aliphatic rings. The van der Waals surface area contributed by atoms with Gasteiger partial charge in [-0.3, -0.25) is 4.99 Å². The van der Waals surface area contributed by atoms with Gasteiger partial charge in [-0.15, -0.1) is 0 Å². The molecule has 0 aliphatic carbocycles. The van der Waals surface area contributed by atoms with Gasteiger partial charge >= 0.3 is 0 Å². The van der Waals surface area contributed by atoms with Crippen LogP contribution in [0.15, 0.2) is 23.2 Å². The number of ether oxygens (including phenoxy) is 1. The third kappa shape index (κ3) is 2.67. The lowest BCUT2D eigenvalue weighted by molar-refractivity contribution is 0.410. The number of hydrogen-bond acceptors (Lipinski definition) is 4. The molecule has 0 unspecified atom stereocenters. The highest BCUT2D eigenvalue weighted by Gasteiger charge is 2.12. The van der Waals surface area contributed by atoms with E-state index in [9.17, 15) is 4.39 Å². The van der Waals surface area contributed by atoms with Crippen molar-refractivity contribution in [2.75, 3.05) is 27.2 Å². The predicted octanol–water partition coefficient (Wildman–Crippen LogP) is 1.23. The molecule has 0 fully saturated rings. The van der Waals surface area contributed by atoms with Crippen LogP contribution in [0.2, 0.25) is 0 Å². The minimum Gasteiger partial charge on any atom is -0.497 e. The van der Waals surface area contributed by atoms with E-state index in [2.05, 4.69) is 10.3 Å². The molecule has 1 N–H and O–H groups in total. The Morgan fingerprint density at radius 2 is 2.35 bits per heavy atom. The quantitative estimate of drug-likeness (QED) is 0.859. The minimum absolute atomic E-state index is 0.266. The molecule has 5 heteroatoms. The number of aliphatic imine (C=N–C) groups is 1. The second-order valence-corrected chi connectivity index (χ2v) is 3.94. The molecule has 0 radical (unpaired) electrons. The Balaban J connectivity index is 1.99. The van der Waals surface area contributed by atoms with Crippen LogP contribution < -0.4 is 10.1 Å². The molecule has 92 valence electrons. The van der Waals surface area contributed by atoms with Crippen LogP contribution >= 0.6 is 0 Å². The van der Waals surface area contributed by atoms with Crippen LogP contribution in [-0.4, -0.2) is 38.1 Å². The van der Waals surface area contributed by atoms with E-state index < -0.39 is 0 Å². The Kier molecular flexibility index (Phi) is 3.46. The molecule has 2 rings (SSSR count). The number of methoxy groups -OCH3 is 1. The van der Waals surface area contributed by atoms with E-state index in [-0.39, 0.29) is 5.82 Å². The maximum atomic E-state index is 13.6. The molecule has 0 aromatic heterocycles. The van der Waals surface area contributed by atoms with Gasteiger partial charge in [-0.2, -0.15) is 0 Å². The van der Waals surface area contributed by atoms with E-state index in [1.807, 2.05) is 11.9 Å². The summed E-state index contributed by atoms with van der Waals surface area (Å²) in [4.78, 5) is 6.29. The van der Waals surface area contributed by atoms with Crippen molar-refractivity contribution in [3.8, 4) is 5.75 Å². The summed E-state index contributed by atoms with van der Waals surface area (Å²) in [6, 6.07) is 4.86. The lowest BCUT2D eigenvalue weighted by Crippen LogP contribution is -2.35. The summed E-state index contributed by atoms with van der Waals surface area (Å²) in [6.07, 6.45) is 0. The normalized spacial score (nSPS) is 14.8. The van der Waals surface area contributed by atoms with Crippen LogP contribution in [-0.2, 0) is 6.54 Å². The van der Waals surface area contributed by atoms with Crippen LogP contribution in [0.5, 0.6) is 5.75 Å². The number of likely N-dealkylation sites (N-methyl/N-ethyl adjacent to an activating group) is 1. The molecule has 0 spiro atoms. The van der Waals surface area contributed by atoms with Gasteiger partial charge < -0.3 is 15.0 Å². The molecule has 1 aliphatic heterocycles. The smallest absolute Gasteiger partial charge is 0.194 e. The minimum atomic E-state index is -0.266. The van der Waals surface area contributed by atoms with Gasteiger partial charge in [-0.25, -0.2) is 4.39 Å². The van der Waals surface area contributed by atoms with Gasteiger partial charge in [0.25, 0.3) is 0 Å². The summed E-state index contributed by atoms with van der Waals surface area (Å²) in [5.41, 5.74) is 0.605. The van der Waals surface area contributed by atoms with Gasteiger partial charge in [0.2, 0.25) is 0 Å². The van der Waals surface area contributed by atoms with E-state index in [1.54, 1.807) is 12.1 Å². The number of hydrogen-bond donors (Lipinski definition) is 1. The predicted molar refractivity (Wildman–Crippen MR) is 64.7 cm³/mol. The first-order valence-corrected chi connectivity index (χ1v) is 5.52. The van der Waals surface area contributed by atoms with E-state index >= 15 is 0 Å².